The minimum atomic E-state index is 0.0699. The van der Waals surface area contributed by atoms with Gasteiger partial charge in [-0.3, -0.25) is 0 Å². The molecule has 0 N–H and O–H groups in total. The van der Waals surface area contributed by atoms with E-state index in [1.54, 1.807) is 0 Å². The van der Waals surface area contributed by atoms with E-state index in [1.165, 1.54) is 5.56 Å². The van der Waals surface area contributed by atoms with Gasteiger partial charge >= 0.3 is 0 Å². The highest BCUT2D eigenvalue weighted by molar-refractivity contribution is 5.18. The lowest BCUT2D eigenvalue weighted by Crippen LogP contribution is -2.17. The van der Waals surface area contributed by atoms with E-state index in [1.807, 2.05) is 6.07 Å². The van der Waals surface area contributed by atoms with Crippen LogP contribution in [0.2, 0.25) is 0 Å². The first kappa shape index (κ1) is 8.76. The molecule has 1 saturated heterocycles. The van der Waals surface area contributed by atoms with Crippen molar-refractivity contribution in [3.63, 3.8) is 0 Å². The SMILES string of the molecule is CC1(C)CCC(c2ccccc2)O1. The molecule has 1 aliphatic heterocycles. The van der Waals surface area contributed by atoms with Gasteiger partial charge in [-0.15, -0.1) is 0 Å². The summed E-state index contributed by atoms with van der Waals surface area (Å²) in [5.41, 5.74) is 1.38. The molecule has 1 aromatic carbocycles. The maximum Gasteiger partial charge on any atom is 0.0833 e. The molecular formula is C12H16O. The summed E-state index contributed by atoms with van der Waals surface area (Å²) >= 11 is 0. The molecule has 1 nitrogen and oxygen atoms in total. The Morgan fingerprint density at radius 3 is 2.46 bits per heavy atom. The minimum Gasteiger partial charge on any atom is -0.368 e. The second kappa shape index (κ2) is 3.15. The maximum absolute atomic E-state index is 5.93. The summed E-state index contributed by atoms with van der Waals surface area (Å²) in [6.45, 7) is 4.33. The normalized spacial score (nSPS) is 26.2. The quantitative estimate of drug-likeness (QED) is 0.637. The van der Waals surface area contributed by atoms with Gasteiger partial charge in [-0.1, -0.05) is 30.3 Å². The Bertz CT molecular complexity index is 276. The summed E-state index contributed by atoms with van der Waals surface area (Å²) in [5.74, 6) is 0. The number of hydrogen-bond acceptors (Lipinski definition) is 1. The van der Waals surface area contributed by atoms with Crippen molar-refractivity contribution in [2.45, 2.75) is 38.4 Å². The smallest absolute Gasteiger partial charge is 0.0833 e. The molecule has 0 radical (unpaired) electrons. The van der Waals surface area contributed by atoms with Crippen LogP contribution < -0.4 is 0 Å². The van der Waals surface area contributed by atoms with Crippen molar-refractivity contribution in [2.24, 2.45) is 0 Å². The van der Waals surface area contributed by atoms with E-state index in [-0.39, 0.29) is 5.60 Å². The van der Waals surface area contributed by atoms with Crippen LogP contribution in [0.4, 0.5) is 0 Å². The second-order valence-electron chi connectivity index (χ2n) is 4.32. The van der Waals surface area contributed by atoms with Gasteiger partial charge in [0, 0.05) is 0 Å². The molecule has 1 atom stereocenters. The molecule has 1 aliphatic rings. The zero-order valence-electron chi connectivity index (χ0n) is 8.29. The first-order valence-electron chi connectivity index (χ1n) is 4.90. The Morgan fingerprint density at radius 1 is 1.23 bits per heavy atom. The summed E-state index contributed by atoms with van der Waals surface area (Å²) in [7, 11) is 0. The predicted molar refractivity (Wildman–Crippen MR) is 53.6 cm³/mol. The van der Waals surface area contributed by atoms with Crippen LogP contribution in [0.1, 0.15) is 38.4 Å². The average molecular weight is 176 g/mol. The molecule has 0 aliphatic carbocycles. The van der Waals surface area contributed by atoms with E-state index >= 15 is 0 Å². The van der Waals surface area contributed by atoms with Gasteiger partial charge in [0.25, 0.3) is 0 Å². The average Bonchev–Trinajstić information content (AvgIpc) is 2.48. The third-order valence-electron chi connectivity index (χ3n) is 2.64. The van der Waals surface area contributed by atoms with Gasteiger partial charge < -0.3 is 4.74 Å². The van der Waals surface area contributed by atoms with Crippen molar-refractivity contribution >= 4 is 0 Å². The van der Waals surface area contributed by atoms with Crippen LogP contribution in [0.15, 0.2) is 30.3 Å². The number of ether oxygens (including phenoxy) is 1. The molecule has 0 saturated carbocycles. The Hall–Kier alpha value is -0.820. The van der Waals surface area contributed by atoms with Gasteiger partial charge in [0.1, 0.15) is 0 Å². The second-order valence-corrected chi connectivity index (χ2v) is 4.32. The van der Waals surface area contributed by atoms with Crippen molar-refractivity contribution in [3.05, 3.63) is 35.9 Å². The Labute approximate surface area is 79.7 Å². The van der Waals surface area contributed by atoms with Crippen molar-refractivity contribution in [3.8, 4) is 0 Å². The van der Waals surface area contributed by atoms with Gasteiger partial charge in [0.2, 0.25) is 0 Å². The summed E-state index contributed by atoms with van der Waals surface area (Å²) in [4.78, 5) is 0. The monoisotopic (exact) mass is 176 g/mol. The summed E-state index contributed by atoms with van der Waals surface area (Å²) in [6, 6.07) is 10.5. The van der Waals surface area contributed by atoms with Crippen molar-refractivity contribution in [2.75, 3.05) is 0 Å². The van der Waals surface area contributed by atoms with Crippen LogP contribution in [0.25, 0.3) is 0 Å². The summed E-state index contributed by atoms with van der Waals surface area (Å²) in [6.07, 6.45) is 2.63. The first-order chi connectivity index (χ1) is 6.17. The van der Waals surface area contributed by atoms with E-state index in [0.717, 1.165) is 12.8 Å². The first-order valence-corrected chi connectivity index (χ1v) is 4.90. The molecule has 0 aromatic heterocycles. The third-order valence-corrected chi connectivity index (χ3v) is 2.64. The van der Waals surface area contributed by atoms with Crippen LogP contribution >= 0.6 is 0 Å². The highest BCUT2D eigenvalue weighted by atomic mass is 16.5. The highest BCUT2D eigenvalue weighted by Crippen LogP contribution is 2.38. The third kappa shape index (κ3) is 1.92. The molecule has 1 fully saturated rings. The Kier molecular flexibility index (Phi) is 2.12. The van der Waals surface area contributed by atoms with Gasteiger partial charge in [0.05, 0.1) is 11.7 Å². The van der Waals surface area contributed by atoms with Crippen LogP contribution in [-0.2, 0) is 4.74 Å². The lowest BCUT2D eigenvalue weighted by atomic mass is 10.0. The van der Waals surface area contributed by atoms with E-state index < -0.39 is 0 Å². The van der Waals surface area contributed by atoms with Crippen LogP contribution in [-0.4, -0.2) is 5.60 Å². The minimum absolute atomic E-state index is 0.0699. The number of benzene rings is 1. The van der Waals surface area contributed by atoms with Crippen LogP contribution in [0.5, 0.6) is 0 Å². The molecule has 0 amide bonds. The number of hydrogen-bond donors (Lipinski definition) is 0. The summed E-state index contributed by atoms with van der Waals surface area (Å²) < 4.78 is 5.93. The Morgan fingerprint density at radius 2 is 1.92 bits per heavy atom. The maximum atomic E-state index is 5.93. The largest absolute Gasteiger partial charge is 0.368 e. The molecule has 1 heterocycles. The highest BCUT2D eigenvalue weighted by Gasteiger charge is 2.32. The van der Waals surface area contributed by atoms with Gasteiger partial charge in [-0.2, -0.15) is 0 Å². The fourth-order valence-corrected chi connectivity index (χ4v) is 1.88. The van der Waals surface area contributed by atoms with Crippen molar-refractivity contribution in [1.29, 1.82) is 0 Å². The molecule has 70 valence electrons. The fourth-order valence-electron chi connectivity index (χ4n) is 1.88. The molecular weight excluding hydrogens is 160 g/mol. The molecule has 13 heavy (non-hydrogen) atoms. The van der Waals surface area contributed by atoms with Crippen molar-refractivity contribution < 1.29 is 4.74 Å². The van der Waals surface area contributed by atoms with E-state index in [4.69, 9.17) is 4.74 Å². The summed E-state index contributed by atoms with van der Waals surface area (Å²) in [5, 5.41) is 0. The van der Waals surface area contributed by atoms with E-state index in [2.05, 4.69) is 38.1 Å². The number of rotatable bonds is 1. The fraction of sp³-hybridized carbons (Fsp3) is 0.500. The van der Waals surface area contributed by atoms with Crippen LogP contribution in [0.3, 0.4) is 0 Å². The van der Waals surface area contributed by atoms with Crippen molar-refractivity contribution in [1.82, 2.24) is 0 Å². The molecule has 1 heteroatoms. The van der Waals surface area contributed by atoms with Gasteiger partial charge in [-0.05, 0) is 32.3 Å². The molecule has 0 spiro atoms. The lowest BCUT2D eigenvalue weighted by Gasteiger charge is -2.19. The van der Waals surface area contributed by atoms with Gasteiger partial charge in [0.15, 0.2) is 0 Å². The molecule has 1 aromatic rings. The molecule has 0 bridgehead atoms. The molecule has 1 unspecified atom stereocenters. The van der Waals surface area contributed by atoms with E-state index in [0.29, 0.717) is 6.10 Å². The zero-order chi connectivity index (χ0) is 9.31. The lowest BCUT2D eigenvalue weighted by molar-refractivity contribution is -0.0163. The topological polar surface area (TPSA) is 9.23 Å². The predicted octanol–water partition coefficient (Wildman–Crippen LogP) is 3.32. The molecule has 2 rings (SSSR count). The van der Waals surface area contributed by atoms with Gasteiger partial charge in [-0.25, -0.2) is 0 Å². The zero-order valence-corrected chi connectivity index (χ0v) is 8.29. The van der Waals surface area contributed by atoms with Crippen LogP contribution in [0, 0.1) is 0 Å². The van der Waals surface area contributed by atoms with E-state index in [9.17, 15) is 0 Å². The Balaban J connectivity index is 2.13. The standard InChI is InChI=1S/C12H16O/c1-12(2)9-8-11(13-12)10-6-4-3-5-7-10/h3-7,11H,8-9H2,1-2H3.